The van der Waals surface area contributed by atoms with Crippen LogP contribution in [0.4, 0.5) is 25.8 Å². The van der Waals surface area contributed by atoms with Crippen LogP contribution >= 0.6 is 11.6 Å². The summed E-state index contributed by atoms with van der Waals surface area (Å²) in [5, 5.41) is 11.4. The SMILES string of the molecule is COc1cc2cc(C(=O)N3CCc4c3c(CCl)c(OC(=O)N(C)CCN(C)C(=O)OCc3ccc(NC(=O)[C@H](CCCNC(N)=O)NC(=O)[C@@H](NC(=O)CCCCCN5C(=O)C=CC5=O)C(C)C)cc3)c3oc(C)nc43)[nH]c2c(OC)c1OC. The molecule has 0 bridgehead atoms. The van der Waals surface area contributed by atoms with Gasteiger partial charge in [-0.2, -0.15) is 0 Å². The molecule has 2 aromatic heterocycles. The number of anilines is 2. The molecule has 2 atom stereocenters. The van der Waals surface area contributed by atoms with Crippen molar-refractivity contribution in [3.05, 3.63) is 76.8 Å². The van der Waals surface area contributed by atoms with Gasteiger partial charge in [-0.1, -0.05) is 32.4 Å². The molecule has 3 aromatic carbocycles. The Balaban J connectivity index is 0.915. The maximum absolute atomic E-state index is 14.4. The van der Waals surface area contributed by atoms with Gasteiger partial charge in [-0.3, -0.25) is 33.7 Å². The van der Waals surface area contributed by atoms with Crippen LogP contribution in [0.1, 0.15) is 85.4 Å². The number of nitrogens with zero attached hydrogens (tertiary/aromatic N) is 5. The fourth-order valence-electron chi connectivity index (χ4n) is 9.69. The second kappa shape index (κ2) is 28.3. The standard InChI is InChI=1S/C57H70ClN11O15/c1-31(2)44(65-41(70)14-10-9-11-23-68-42(71)19-20-43(68)72)53(74)64-38(13-12-22-60-55(59)76)52(73)62-35-17-15-33(16-18-35)30-82-56(77)66(4)25-26-67(5)57(78)84-48-37(29-58)47-36(46-51(48)83-32(3)61-46)21-24-69(47)54(75)39-27-34-28-40(79-6)49(80-7)50(81-8)45(34)63-39/h15-20,27-28,31,38,44,63H,9-14,21-26,29-30H2,1-8H3,(H,62,73)(H,64,74)(H,65,70)(H3,59,60,76)/t38-,44-/m0/s1. The highest BCUT2D eigenvalue weighted by Gasteiger charge is 2.37. The zero-order valence-corrected chi connectivity index (χ0v) is 48.8. The highest BCUT2D eigenvalue weighted by molar-refractivity contribution is 6.19. The number of methoxy groups -OCH3 is 3. The van der Waals surface area contributed by atoms with E-state index in [2.05, 4.69) is 31.2 Å². The number of aryl methyl sites for hydroxylation is 1. The van der Waals surface area contributed by atoms with Crippen LogP contribution < -0.4 is 50.8 Å². The van der Waals surface area contributed by atoms with Crippen molar-refractivity contribution in [1.82, 2.24) is 40.6 Å². The lowest BCUT2D eigenvalue weighted by atomic mass is 10.0. The number of ether oxygens (including phenoxy) is 5. The largest absolute Gasteiger partial charge is 0.493 e. The van der Waals surface area contributed by atoms with Crippen LogP contribution in [0.25, 0.3) is 22.0 Å². The van der Waals surface area contributed by atoms with E-state index in [1.807, 2.05) is 0 Å². The molecule has 0 spiro atoms. The summed E-state index contributed by atoms with van der Waals surface area (Å²) in [4.78, 5) is 130. The predicted molar refractivity (Wildman–Crippen MR) is 308 cm³/mol. The number of nitrogens with two attached hydrogens (primary N) is 1. The van der Waals surface area contributed by atoms with Crippen molar-refractivity contribution in [2.75, 3.05) is 78.4 Å². The van der Waals surface area contributed by atoms with E-state index in [1.165, 1.54) is 57.4 Å². The second-order valence-corrected chi connectivity index (χ2v) is 20.7. The fraction of sp³-hybridized carbons (Fsp3) is 0.439. The number of carbonyl (C=O) groups is 9. The van der Waals surface area contributed by atoms with Gasteiger partial charge in [0.25, 0.3) is 17.7 Å². The third-order valence-electron chi connectivity index (χ3n) is 14.2. The smallest absolute Gasteiger partial charge is 0.415 e. The Bertz CT molecular complexity index is 3320. The molecule has 2 aliphatic heterocycles. The van der Waals surface area contributed by atoms with E-state index in [4.69, 9.17) is 45.4 Å². The summed E-state index contributed by atoms with van der Waals surface area (Å²) in [5.41, 5.74) is 8.99. The van der Waals surface area contributed by atoms with Gasteiger partial charge < -0.3 is 74.8 Å². The third-order valence-corrected chi connectivity index (χ3v) is 14.4. The van der Waals surface area contributed by atoms with Gasteiger partial charge in [0, 0.05) is 94.5 Å². The summed E-state index contributed by atoms with van der Waals surface area (Å²) < 4.78 is 34.3. The minimum absolute atomic E-state index is 0.00482. The minimum Gasteiger partial charge on any atom is -0.493 e. The van der Waals surface area contributed by atoms with Gasteiger partial charge in [0.05, 0.1) is 38.4 Å². The molecule has 0 fully saturated rings. The molecule has 7 rings (SSSR count). The Morgan fingerprint density at radius 3 is 2.19 bits per heavy atom. The molecule has 84 heavy (non-hydrogen) atoms. The van der Waals surface area contributed by atoms with Crippen molar-refractivity contribution in [2.45, 2.75) is 90.3 Å². The number of carbonyl (C=O) groups excluding carboxylic acids is 9. The lowest BCUT2D eigenvalue weighted by Gasteiger charge is -2.25. The number of hydrogen-bond acceptors (Lipinski definition) is 16. The van der Waals surface area contributed by atoms with Gasteiger partial charge >= 0.3 is 18.2 Å². The maximum Gasteiger partial charge on any atom is 0.415 e. The monoisotopic (exact) mass is 1180 g/mol. The van der Waals surface area contributed by atoms with E-state index in [-0.39, 0.29) is 105 Å². The topological polar surface area (TPSA) is 329 Å². The van der Waals surface area contributed by atoms with Gasteiger partial charge in [0.15, 0.2) is 28.7 Å². The first kappa shape index (κ1) is 62.5. The molecular weight excluding hydrogens is 1110 g/mol. The van der Waals surface area contributed by atoms with Crippen LogP contribution in [-0.2, 0) is 47.6 Å². The van der Waals surface area contributed by atoms with E-state index in [0.717, 1.165) is 4.90 Å². The highest BCUT2D eigenvalue weighted by atomic mass is 35.5. The third kappa shape index (κ3) is 14.8. The minimum atomic E-state index is -1.09. The van der Waals surface area contributed by atoms with Crippen molar-refractivity contribution in [3.8, 4) is 23.0 Å². The Hall–Kier alpha value is -9.07. The molecule has 4 heterocycles. The van der Waals surface area contributed by atoms with Crippen molar-refractivity contribution in [2.24, 2.45) is 11.7 Å². The number of rotatable bonds is 27. The first-order valence-corrected chi connectivity index (χ1v) is 27.7. The highest BCUT2D eigenvalue weighted by Crippen LogP contribution is 2.47. The molecule has 450 valence electrons. The first-order chi connectivity index (χ1) is 40.2. The number of alkyl halides is 1. The van der Waals surface area contributed by atoms with Crippen LogP contribution in [0.3, 0.4) is 0 Å². The zero-order chi connectivity index (χ0) is 60.9. The summed E-state index contributed by atoms with van der Waals surface area (Å²) >= 11 is 6.65. The number of primary amides is 1. The Morgan fingerprint density at radius 1 is 0.857 bits per heavy atom. The average Bonchev–Trinajstić information content (AvgIpc) is 1.82. The van der Waals surface area contributed by atoms with Crippen LogP contribution in [0.5, 0.6) is 23.0 Å². The number of halogens is 1. The second-order valence-electron chi connectivity index (χ2n) is 20.4. The molecule has 0 aliphatic carbocycles. The Kier molecular flexibility index (Phi) is 21.0. The molecule has 27 heteroatoms. The number of aromatic amines is 1. The Morgan fingerprint density at radius 2 is 1.55 bits per heavy atom. The van der Waals surface area contributed by atoms with Gasteiger partial charge in [-0.05, 0) is 67.9 Å². The number of urea groups is 1. The normalized spacial score (nSPS) is 13.4. The number of aromatic nitrogens is 2. The summed E-state index contributed by atoms with van der Waals surface area (Å²) in [6.45, 7) is 5.67. The van der Waals surface area contributed by atoms with Gasteiger partial charge in [0.2, 0.25) is 23.5 Å². The number of likely N-dealkylation sites (N-methyl/N-ethyl adjacent to an activating group) is 2. The number of unbranched alkanes of at least 4 members (excludes halogenated alkanes) is 2. The summed E-state index contributed by atoms with van der Waals surface area (Å²) in [5.74, 6) is -1.80. The first-order valence-electron chi connectivity index (χ1n) is 27.2. The van der Waals surface area contributed by atoms with E-state index < -0.39 is 48.0 Å². The summed E-state index contributed by atoms with van der Waals surface area (Å²) in [7, 11) is 7.45. The lowest BCUT2D eigenvalue weighted by Crippen LogP contribution is -2.54. The number of oxazole rings is 1. The molecule has 7 N–H and O–H groups in total. The van der Waals surface area contributed by atoms with E-state index in [9.17, 15) is 43.2 Å². The van der Waals surface area contributed by atoms with Crippen molar-refractivity contribution in [1.29, 1.82) is 0 Å². The fourth-order valence-corrected chi connectivity index (χ4v) is 9.94. The number of fused-ring (bicyclic) bond motifs is 4. The molecule has 26 nitrogen and oxygen atoms in total. The molecule has 0 saturated heterocycles. The molecule has 2 aliphatic rings. The summed E-state index contributed by atoms with van der Waals surface area (Å²) in [6, 6.07) is 7.03. The number of H-pyrrole nitrogens is 1. The van der Waals surface area contributed by atoms with Crippen molar-refractivity contribution >= 4 is 98.6 Å². The number of imide groups is 1. The predicted octanol–water partition coefficient (Wildman–Crippen LogP) is 5.78. The number of benzene rings is 3. The number of amides is 10. The van der Waals surface area contributed by atoms with Crippen LogP contribution in [0, 0.1) is 12.8 Å². The Labute approximate surface area is 488 Å². The van der Waals surface area contributed by atoms with Gasteiger partial charge in [0.1, 0.15) is 29.9 Å². The summed E-state index contributed by atoms with van der Waals surface area (Å²) in [6.07, 6.45) is 3.33. The molecular formula is C57H70ClN11O15. The average molecular weight is 1180 g/mol. The quantitative estimate of drug-likeness (QED) is 0.0206. The number of hydrogen-bond donors (Lipinski definition) is 6. The van der Waals surface area contributed by atoms with E-state index in [1.54, 1.807) is 62.1 Å². The van der Waals surface area contributed by atoms with Crippen LogP contribution in [0.2, 0.25) is 0 Å². The lowest BCUT2D eigenvalue weighted by molar-refractivity contribution is -0.137. The molecule has 0 saturated carbocycles. The zero-order valence-electron chi connectivity index (χ0n) is 48.1. The molecule has 5 aromatic rings. The van der Waals surface area contributed by atoms with Gasteiger partial charge in [-0.15, -0.1) is 11.6 Å². The van der Waals surface area contributed by atoms with E-state index in [0.29, 0.717) is 93.3 Å². The van der Waals surface area contributed by atoms with Crippen molar-refractivity contribution in [3.63, 3.8) is 0 Å². The van der Waals surface area contributed by atoms with Gasteiger partial charge in [-0.25, -0.2) is 19.4 Å². The van der Waals surface area contributed by atoms with E-state index >= 15 is 0 Å². The van der Waals surface area contributed by atoms with Crippen LogP contribution in [-0.4, -0.2) is 159 Å². The molecule has 0 radical (unpaired) electrons. The number of nitrogens with one attached hydrogen (secondary N) is 5. The van der Waals surface area contributed by atoms with Crippen LogP contribution in [0.15, 0.2) is 53.0 Å². The maximum atomic E-state index is 14.4. The van der Waals surface area contributed by atoms with Crippen molar-refractivity contribution < 1.29 is 71.3 Å². The molecule has 0 unspecified atom stereocenters. The molecule has 10 amide bonds.